The summed E-state index contributed by atoms with van der Waals surface area (Å²) in [6.07, 6.45) is 0.355. The van der Waals surface area contributed by atoms with Gasteiger partial charge >= 0.3 is 0 Å². The third-order valence-electron chi connectivity index (χ3n) is 3.96. The molecule has 2 rings (SSSR count). The highest BCUT2D eigenvalue weighted by atomic mass is 16.7. The van der Waals surface area contributed by atoms with E-state index in [0.29, 0.717) is 6.42 Å². The molecule has 0 bridgehead atoms. The zero-order valence-corrected chi connectivity index (χ0v) is 16.6. The van der Waals surface area contributed by atoms with Gasteiger partial charge < -0.3 is 0 Å². The Hall–Kier alpha value is -2.70. The van der Waals surface area contributed by atoms with Crippen LogP contribution in [0.3, 0.4) is 0 Å². The van der Waals surface area contributed by atoms with Gasteiger partial charge in [-0.05, 0) is 23.0 Å². The van der Waals surface area contributed by atoms with E-state index in [-0.39, 0.29) is 18.6 Å². The molecule has 0 aliphatic carbocycles. The molecule has 6 nitrogen and oxygen atoms in total. The largest absolute Gasteiger partial charge is 0.272 e. The van der Waals surface area contributed by atoms with Crippen LogP contribution in [0.2, 0.25) is 0 Å². The topological polar surface area (TPSA) is 76.7 Å². The Kier molecular flexibility index (Phi) is 8.17. The molecule has 0 saturated heterocycles. The van der Waals surface area contributed by atoms with Crippen LogP contribution in [0.25, 0.3) is 0 Å². The minimum atomic E-state index is -0.924. The average Bonchev–Trinajstić information content (AvgIpc) is 2.67. The first-order valence-corrected chi connectivity index (χ1v) is 9.26. The Labute approximate surface area is 166 Å². The smallest absolute Gasteiger partial charge is 0.256 e. The normalized spacial score (nSPS) is 11.3. The zero-order chi connectivity index (χ0) is 20.4. The van der Waals surface area contributed by atoms with E-state index in [2.05, 4.69) is 11.0 Å². The summed E-state index contributed by atoms with van der Waals surface area (Å²) in [4.78, 5) is 35.6. The lowest BCUT2D eigenvalue weighted by Crippen LogP contribution is -2.43. The van der Waals surface area contributed by atoms with Crippen molar-refractivity contribution in [2.45, 2.75) is 40.4 Å². The van der Waals surface area contributed by atoms with Crippen LogP contribution in [0.5, 0.6) is 0 Å². The molecule has 0 aliphatic heterocycles. The first-order valence-electron chi connectivity index (χ1n) is 9.26. The summed E-state index contributed by atoms with van der Waals surface area (Å²) in [6.45, 7) is 6.35. The molecule has 0 aliphatic rings. The second-order valence-electron chi connectivity index (χ2n) is 7.80. The summed E-state index contributed by atoms with van der Waals surface area (Å²) in [5.74, 6) is -1.91. The minimum Gasteiger partial charge on any atom is -0.272 e. The molecule has 2 N–H and O–H groups in total. The molecule has 0 spiro atoms. The summed E-state index contributed by atoms with van der Waals surface area (Å²) in [6, 6.07) is 18.9. The molecule has 2 amide bonds. The number of carbonyl (C=O) groups is 2. The Morgan fingerprint density at radius 2 is 1.18 bits per heavy atom. The van der Waals surface area contributed by atoms with Crippen LogP contribution in [0, 0.1) is 11.3 Å². The molecule has 0 heterocycles. The number of hydrogen-bond acceptors (Lipinski definition) is 4. The van der Waals surface area contributed by atoms with E-state index in [0.717, 1.165) is 11.1 Å². The lowest BCUT2D eigenvalue weighted by atomic mass is 9.84. The molecular weight excluding hydrogens is 356 g/mol. The summed E-state index contributed by atoms with van der Waals surface area (Å²) < 4.78 is 0. The van der Waals surface area contributed by atoms with Crippen LogP contribution in [-0.4, -0.2) is 11.8 Å². The fraction of sp³-hybridized carbons (Fsp3) is 0.364. The van der Waals surface area contributed by atoms with E-state index in [1.807, 2.05) is 81.4 Å². The second-order valence-corrected chi connectivity index (χ2v) is 7.80. The fourth-order valence-electron chi connectivity index (χ4n) is 2.59. The summed E-state index contributed by atoms with van der Waals surface area (Å²) in [7, 11) is 0. The van der Waals surface area contributed by atoms with Crippen molar-refractivity contribution in [1.29, 1.82) is 0 Å². The van der Waals surface area contributed by atoms with Gasteiger partial charge in [0.2, 0.25) is 0 Å². The molecule has 0 atom stereocenters. The highest BCUT2D eigenvalue weighted by Gasteiger charge is 2.31. The van der Waals surface area contributed by atoms with Crippen LogP contribution in [-0.2, 0) is 32.5 Å². The maximum Gasteiger partial charge on any atom is 0.256 e. The van der Waals surface area contributed by atoms with Crippen LogP contribution < -0.4 is 11.0 Å². The molecule has 28 heavy (non-hydrogen) atoms. The first-order chi connectivity index (χ1) is 13.3. The lowest BCUT2D eigenvalue weighted by Gasteiger charge is -2.24. The van der Waals surface area contributed by atoms with Crippen molar-refractivity contribution >= 4 is 11.8 Å². The quantitative estimate of drug-likeness (QED) is 0.512. The van der Waals surface area contributed by atoms with E-state index in [1.54, 1.807) is 0 Å². The molecule has 2 aromatic rings. The molecule has 0 aromatic heterocycles. The van der Waals surface area contributed by atoms with Crippen molar-refractivity contribution in [2.75, 3.05) is 0 Å². The Bertz CT molecular complexity index is 685. The number of benzene rings is 2. The highest BCUT2D eigenvalue weighted by molar-refractivity contribution is 5.99. The average molecular weight is 384 g/mol. The molecular formula is C22H28N2O4. The number of hydroxylamine groups is 2. The number of hydrogen-bond donors (Lipinski definition) is 2. The third kappa shape index (κ3) is 7.90. The van der Waals surface area contributed by atoms with E-state index in [4.69, 9.17) is 9.68 Å². The van der Waals surface area contributed by atoms with Crippen molar-refractivity contribution in [2.24, 2.45) is 11.3 Å². The van der Waals surface area contributed by atoms with Crippen molar-refractivity contribution in [1.82, 2.24) is 11.0 Å². The predicted octanol–water partition coefficient (Wildman–Crippen LogP) is 3.53. The van der Waals surface area contributed by atoms with Gasteiger partial charge in [-0.25, -0.2) is 11.0 Å². The van der Waals surface area contributed by atoms with Crippen LogP contribution >= 0.6 is 0 Å². The highest BCUT2D eigenvalue weighted by Crippen LogP contribution is 2.25. The molecule has 150 valence electrons. The van der Waals surface area contributed by atoms with Crippen molar-refractivity contribution < 1.29 is 19.3 Å². The van der Waals surface area contributed by atoms with Gasteiger partial charge in [0.1, 0.15) is 5.92 Å². The van der Waals surface area contributed by atoms with Gasteiger partial charge in [-0.3, -0.25) is 19.3 Å². The van der Waals surface area contributed by atoms with E-state index in [1.165, 1.54) is 0 Å². The van der Waals surface area contributed by atoms with Crippen LogP contribution in [0.4, 0.5) is 0 Å². The van der Waals surface area contributed by atoms with Crippen molar-refractivity contribution in [3.63, 3.8) is 0 Å². The van der Waals surface area contributed by atoms with Crippen molar-refractivity contribution in [3.8, 4) is 0 Å². The summed E-state index contributed by atoms with van der Waals surface area (Å²) >= 11 is 0. The van der Waals surface area contributed by atoms with Gasteiger partial charge in [0, 0.05) is 0 Å². The van der Waals surface area contributed by atoms with E-state index in [9.17, 15) is 9.59 Å². The molecule has 2 aromatic carbocycles. The first kappa shape index (κ1) is 21.6. The maximum atomic E-state index is 12.5. The fourth-order valence-corrected chi connectivity index (χ4v) is 2.59. The van der Waals surface area contributed by atoms with Gasteiger partial charge in [0.25, 0.3) is 11.8 Å². The molecule has 6 heteroatoms. The summed E-state index contributed by atoms with van der Waals surface area (Å²) in [5.41, 5.74) is 6.40. The van der Waals surface area contributed by atoms with Crippen LogP contribution in [0.1, 0.15) is 38.3 Å². The zero-order valence-electron chi connectivity index (χ0n) is 16.6. The number of nitrogens with one attached hydrogen (secondary N) is 2. The van der Waals surface area contributed by atoms with Gasteiger partial charge in [0.05, 0.1) is 13.2 Å². The Morgan fingerprint density at radius 3 is 1.54 bits per heavy atom. The lowest BCUT2D eigenvalue weighted by molar-refractivity contribution is -0.152. The van der Waals surface area contributed by atoms with Crippen molar-refractivity contribution in [3.05, 3.63) is 71.8 Å². The molecule has 0 fully saturated rings. The van der Waals surface area contributed by atoms with E-state index >= 15 is 0 Å². The molecule has 0 radical (unpaired) electrons. The standard InChI is InChI=1S/C22H28N2O4/c1-22(2,3)14-19(20(25)23-27-15-17-10-6-4-7-11-17)21(26)24-28-16-18-12-8-5-9-13-18/h4-13,19H,14-16H2,1-3H3,(H,23,25)(H,24,26). The Balaban J connectivity index is 1.87. The molecule has 0 saturated carbocycles. The monoisotopic (exact) mass is 384 g/mol. The third-order valence-corrected chi connectivity index (χ3v) is 3.96. The SMILES string of the molecule is CC(C)(C)CC(C(=O)NOCc1ccccc1)C(=O)NOCc1ccccc1. The maximum absolute atomic E-state index is 12.5. The molecule has 0 unspecified atom stereocenters. The minimum absolute atomic E-state index is 0.223. The second kappa shape index (κ2) is 10.6. The summed E-state index contributed by atoms with van der Waals surface area (Å²) in [5, 5.41) is 0. The Morgan fingerprint density at radius 1 is 0.786 bits per heavy atom. The number of carbonyl (C=O) groups excluding carboxylic acids is 2. The van der Waals surface area contributed by atoms with Gasteiger partial charge in [-0.2, -0.15) is 0 Å². The van der Waals surface area contributed by atoms with Gasteiger partial charge in [-0.15, -0.1) is 0 Å². The van der Waals surface area contributed by atoms with Gasteiger partial charge in [-0.1, -0.05) is 81.4 Å². The van der Waals surface area contributed by atoms with Gasteiger partial charge in [0.15, 0.2) is 0 Å². The number of rotatable bonds is 9. The number of amides is 2. The van der Waals surface area contributed by atoms with Crippen LogP contribution in [0.15, 0.2) is 60.7 Å². The predicted molar refractivity (Wildman–Crippen MR) is 106 cm³/mol. The van der Waals surface area contributed by atoms with E-state index < -0.39 is 17.7 Å².